The second-order valence-electron chi connectivity index (χ2n) is 4.61. The smallest absolute Gasteiger partial charge is 0.263 e. The molecular formula is C12H19N3OS. The predicted octanol–water partition coefficient (Wildman–Crippen LogP) is 2.29. The fourth-order valence-electron chi connectivity index (χ4n) is 1.68. The molecule has 1 fully saturated rings. The molecule has 1 amide bonds. The van der Waals surface area contributed by atoms with E-state index in [9.17, 15) is 4.79 Å². The Morgan fingerprint density at radius 3 is 2.94 bits per heavy atom. The fourth-order valence-corrected chi connectivity index (χ4v) is 2.64. The SMILES string of the molecule is CCCNC(=O)c1sc(NC2CC2C)cc1N. The lowest BCUT2D eigenvalue weighted by atomic mass is 10.3. The van der Waals surface area contributed by atoms with Crippen LogP contribution in [0.4, 0.5) is 10.7 Å². The number of amides is 1. The zero-order chi connectivity index (χ0) is 12.4. The molecule has 0 radical (unpaired) electrons. The van der Waals surface area contributed by atoms with E-state index in [0.29, 0.717) is 23.2 Å². The minimum Gasteiger partial charge on any atom is -0.397 e. The van der Waals surface area contributed by atoms with Crippen molar-refractivity contribution < 1.29 is 4.79 Å². The average Bonchev–Trinajstić information content (AvgIpc) is 2.83. The van der Waals surface area contributed by atoms with E-state index in [1.807, 2.05) is 13.0 Å². The van der Waals surface area contributed by atoms with Crippen molar-refractivity contribution in [2.24, 2.45) is 5.92 Å². The summed E-state index contributed by atoms with van der Waals surface area (Å²) in [4.78, 5) is 12.4. The molecule has 1 aliphatic rings. The Morgan fingerprint density at radius 1 is 1.65 bits per heavy atom. The Balaban J connectivity index is 1.99. The van der Waals surface area contributed by atoms with Crippen LogP contribution in [0.3, 0.4) is 0 Å². The summed E-state index contributed by atoms with van der Waals surface area (Å²) in [6.07, 6.45) is 2.14. The number of nitrogens with one attached hydrogen (secondary N) is 2. The third-order valence-corrected chi connectivity index (χ3v) is 4.02. The summed E-state index contributed by atoms with van der Waals surface area (Å²) in [5, 5.41) is 7.24. The number of anilines is 2. The summed E-state index contributed by atoms with van der Waals surface area (Å²) >= 11 is 1.44. The van der Waals surface area contributed by atoms with Gasteiger partial charge in [0.1, 0.15) is 4.88 Å². The maximum absolute atomic E-state index is 11.8. The monoisotopic (exact) mass is 253 g/mol. The third-order valence-electron chi connectivity index (χ3n) is 2.94. The number of hydrogen-bond donors (Lipinski definition) is 3. The first-order valence-electron chi connectivity index (χ1n) is 6.05. The van der Waals surface area contributed by atoms with Gasteiger partial charge in [0.15, 0.2) is 0 Å². The summed E-state index contributed by atoms with van der Waals surface area (Å²) in [7, 11) is 0. The molecule has 1 aliphatic carbocycles. The van der Waals surface area contributed by atoms with Crippen LogP contribution in [0, 0.1) is 5.92 Å². The number of rotatable bonds is 5. The second-order valence-corrected chi connectivity index (χ2v) is 5.67. The molecule has 1 saturated carbocycles. The van der Waals surface area contributed by atoms with E-state index in [1.165, 1.54) is 17.8 Å². The molecule has 0 aromatic carbocycles. The van der Waals surface area contributed by atoms with Crippen molar-refractivity contribution in [1.29, 1.82) is 0 Å². The van der Waals surface area contributed by atoms with Crippen molar-refractivity contribution in [2.45, 2.75) is 32.7 Å². The normalized spacial score (nSPS) is 22.2. The van der Waals surface area contributed by atoms with Gasteiger partial charge < -0.3 is 16.4 Å². The van der Waals surface area contributed by atoms with Gasteiger partial charge in [0.25, 0.3) is 5.91 Å². The van der Waals surface area contributed by atoms with Crippen LogP contribution >= 0.6 is 11.3 Å². The van der Waals surface area contributed by atoms with Crippen LogP contribution < -0.4 is 16.4 Å². The molecule has 2 unspecified atom stereocenters. The highest BCUT2D eigenvalue weighted by Gasteiger charge is 2.33. The van der Waals surface area contributed by atoms with E-state index in [-0.39, 0.29) is 5.91 Å². The van der Waals surface area contributed by atoms with Gasteiger partial charge in [0.2, 0.25) is 0 Å². The molecule has 4 nitrogen and oxygen atoms in total. The number of nitrogens with two attached hydrogens (primary N) is 1. The van der Waals surface area contributed by atoms with Crippen molar-refractivity contribution in [2.75, 3.05) is 17.6 Å². The summed E-state index contributed by atoms with van der Waals surface area (Å²) in [6.45, 7) is 4.93. The van der Waals surface area contributed by atoms with Crippen LogP contribution in [0.2, 0.25) is 0 Å². The zero-order valence-electron chi connectivity index (χ0n) is 10.2. The molecule has 1 heterocycles. The standard InChI is InChI=1S/C12H19N3OS/c1-3-4-14-12(16)11-8(13)6-10(17-11)15-9-5-7(9)2/h6-7,9,15H,3-5,13H2,1-2H3,(H,14,16). The van der Waals surface area contributed by atoms with E-state index in [0.717, 1.165) is 17.3 Å². The highest BCUT2D eigenvalue weighted by molar-refractivity contribution is 7.18. The molecule has 2 rings (SSSR count). The van der Waals surface area contributed by atoms with Gasteiger partial charge in [0, 0.05) is 12.6 Å². The average molecular weight is 253 g/mol. The molecule has 2 atom stereocenters. The largest absolute Gasteiger partial charge is 0.397 e. The summed E-state index contributed by atoms with van der Waals surface area (Å²) in [5.74, 6) is 0.668. The topological polar surface area (TPSA) is 67.2 Å². The third kappa shape index (κ3) is 2.91. The van der Waals surface area contributed by atoms with Crippen molar-refractivity contribution in [1.82, 2.24) is 5.32 Å². The molecule has 4 N–H and O–H groups in total. The molecule has 1 aromatic heterocycles. The number of hydrogen-bond acceptors (Lipinski definition) is 4. The van der Waals surface area contributed by atoms with Crippen molar-refractivity contribution in [3.05, 3.63) is 10.9 Å². The van der Waals surface area contributed by atoms with E-state index < -0.39 is 0 Å². The van der Waals surface area contributed by atoms with Crippen LogP contribution in [0.25, 0.3) is 0 Å². The molecule has 0 bridgehead atoms. The molecule has 1 aromatic rings. The van der Waals surface area contributed by atoms with Gasteiger partial charge in [-0.05, 0) is 24.8 Å². The molecule has 94 valence electrons. The lowest BCUT2D eigenvalue weighted by Crippen LogP contribution is -2.23. The molecule has 17 heavy (non-hydrogen) atoms. The second kappa shape index (κ2) is 4.96. The molecule has 0 aliphatic heterocycles. The van der Waals surface area contributed by atoms with E-state index >= 15 is 0 Å². The van der Waals surface area contributed by atoms with Crippen LogP contribution in [0.15, 0.2) is 6.07 Å². The van der Waals surface area contributed by atoms with E-state index in [2.05, 4.69) is 17.6 Å². The van der Waals surface area contributed by atoms with E-state index in [4.69, 9.17) is 5.73 Å². The van der Waals surface area contributed by atoms with Gasteiger partial charge in [-0.3, -0.25) is 4.79 Å². The Hall–Kier alpha value is -1.23. The fraction of sp³-hybridized carbons (Fsp3) is 0.583. The van der Waals surface area contributed by atoms with E-state index in [1.54, 1.807) is 0 Å². The number of carbonyl (C=O) groups is 1. The predicted molar refractivity (Wildman–Crippen MR) is 72.5 cm³/mol. The van der Waals surface area contributed by atoms with Gasteiger partial charge in [0.05, 0.1) is 10.7 Å². The Kier molecular flexibility index (Phi) is 3.57. The molecule has 5 heteroatoms. The van der Waals surface area contributed by atoms with Crippen LogP contribution in [0.1, 0.15) is 36.4 Å². The molecule has 0 spiro atoms. The highest BCUT2D eigenvalue weighted by atomic mass is 32.1. The Morgan fingerprint density at radius 2 is 2.35 bits per heavy atom. The van der Waals surface area contributed by atoms with Crippen molar-refractivity contribution >= 4 is 27.9 Å². The summed E-state index contributed by atoms with van der Waals surface area (Å²) in [5.41, 5.74) is 6.42. The van der Waals surface area contributed by atoms with Crippen LogP contribution in [0.5, 0.6) is 0 Å². The summed E-state index contributed by atoms with van der Waals surface area (Å²) < 4.78 is 0. The number of nitrogen functional groups attached to an aromatic ring is 1. The molecular weight excluding hydrogens is 234 g/mol. The minimum absolute atomic E-state index is 0.0637. The number of thiophene rings is 1. The minimum atomic E-state index is -0.0637. The van der Waals surface area contributed by atoms with Gasteiger partial charge in [-0.25, -0.2) is 0 Å². The first kappa shape index (κ1) is 12.2. The summed E-state index contributed by atoms with van der Waals surface area (Å²) in [6, 6.07) is 2.41. The Labute approximate surface area is 106 Å². The van der Waals surface area contributed by atoms with Crippen LogP contribution in [-0.4, -0.2) is 18.5 Å². The Bertz CT molecular complexity index is 416. The van der Waals surface area contributed by atoms with Crippen molar-refractivity contribution in [3.8, 4) is 0 Å². The van der Waals surface area contributed by atoms with Gasteiger partial charge in [-0.15, -0.1) is 11.3 Å². The van der Waals surface area contributed by atoms with Crippen LogP contribution in [-0.2, 0) is 0 Å². The lowest BCUT2D eigenvalue weighted by molar-refractivity contribution is 0.0958. The maximum Gasteiger partial charge on any atom is 0.263 e. The lowest BCUT2D eigenvalue weighted by Gasteiger charge is -2.01. The van der Waals surface area contributed by atoms with Gasteiger partial charge in [-0.1, -0.05) is 13.8 Å². The number of carbonyl (C=O) groups excluding carboxylic acids is 1. The van der Waals surface area contributed by atoms with Crippen molar-refractivity contribution in [3.63, 3.8) is 0 Å². The highest BCUT2D eigenvalue weighted by Crippen LogP contribution is 2.36. The first-order valence-corrected chi connectivity index (χ1v) is 6.87. The maximum atomic E-state index is 11.8. The van der Waals surface area contributed by atoms with Gasteiger partial charge >= 0.3 is 0 Å². The quantitative estimate of drug-likeness (QED) is 0.754. The zero-order valence-corrected chi connectivity index (χ0v) is 11.1. The molecule has 0 saturated heterocycles. The van der Waals surface area contributed by atoms with Gasteiger partial charge in [-0.2, -0.15) is 0 Å². The first-order chi connectivity index (χ1) is 8.11.